The standard InChI is InChI=1S/C52H97NO10/c1-6-11-15-19-23-27-33-46(34-28-24-20-16-12-7-2)62-50(56)39-31-37-48(54)59-42-45(44-61-52(58)53-41-10-5)43-60-49(55)38-32-40-51(57)63-47(35-29-25-21-17-13-8-3)36-30-26-22-18-14-9-4/h45-47H,6-44H2,1-5H3,(H,53,58). The lowest BCUT2D eigenvalue weighted by Crippen LogP contribution is -2.30. The van der Waals surface area contributed by atoms with Crippen LogP contribution in [0.25, 0.3) is 0 Å². The van der Waals surface area contributed by atoms with Crippen molar-refractivity contribution in [3.63, 3.8) is 0 Å². The molecule has 0 radical (unpaired) electrons. The zero-order valence-corrected chi connectivity index (χ0v) is 41.4. The maximum atomic E-state index is 12.8. The maximum Gasteiger partial charge on any atom is 0.407 e. The monoisotopic (exact) mass is 896 g/mol. The SMILES string of the molecule is CCCCCCCCC(CCCCCCCC)OC(=O)CCCC(=O)OCC(COC(=O)CCCC(=O)OC(CCCCCCCC)CCCCCCCC)COC(=O)NCCC. The third-order valence-electron chi connectivity index (χ3n) is 11.6. The number of alkyl carbamates (subject to hydrolysis) is 1. The van der Waals surface area contributed by atoms with Gasteiger partial charge in [-0.2, -0.15) is 0 Å². The van der Waals surface area contributed by atoms with Crippen LogP contribution >= 0.6 is 0 Å². The molecule has 1 N–H and O–H groups in total. The molecule has 0 aliphatic heterocycles. The summed E-state index contributed by atoms with van der Waals surface area (Å²) in [6, 6.07) is 0. The summed E-state index contributed by atoms with van der Waals surface area (Å²) in [5.41, 5.74) is 0. The molecule has 0 saturated carbocycles. The van der Waals surface area contributed by atoms with Gasteiger partial charge in [-0.1, -0.05) is 163 Å². The molecular weight excluding hydrogens is 799 g/mol. The Balaban J connectivity index is 4.92. The number of nitrogens with one attached hydrogen (secondary N) is 1. The number of amides is 1. The zero-order valence-electron chi connectivity index (χ0n) is 41.4. The molecule has 0 heterocycles. The highest BCUT2D eigenvalue weighted by atomic mass is 16.6. The summed E-state index contributed by atoms with van der Waals surface area (Å²) in [6.07, 6.45) is 33.0. The molecule has 0 fully saturated rings. The van der Waals surface area contributed by atoms with Crippen molar-refractivity contribution in [2.24, 2.45) is 5.92 Å². The first kappa shape index (κ1) is 60.2. The van der Waals surface area contributed by atoms with Crippen LogP contribution in [0.4, 0.5) is 4.79 Å². The Morgan fingerprint density at radius 3 is 0.984 bits per heavy atom. The van der Waals surface area contributed by atoms with Crippen molar-refractivity contribution in [2.45, 2.75) is 272 Å². The number of ether oxygens (including phenoxy) is 5. The summed E-state index contributed by atoms with van der Waals surface area (Å²) < 4.78 is 28.2. The van der Waals surface area contributed by atoms with Crippen LogP contribution < -0.4 is 5.32 Å². The molecule has 0 bridgehead atoms. The molecule has 1 amide bonds. The Hall–Kier alpha value is -2.85. The van der Waals surface area contributed by atoms with Crippen LogP contribution in [0.3, 0.4) is 0 Å². The van der Waals surface area contributed by atoms with Crippen molar-refractivity contribution in [2.75, 3.05) is 26.4 Å². The number of hydrogen-bond acceptors (Lipinski definition) is 10. The average Bonchev–Trinajstić information content (AvgIpc) is 3.26. The van der Waals surface area contributed by atoms with Gasteiger partial charge in [0.2, 0.25) is 0 Å². The molecule has 0 aliphatic rings. The van der Waals surface area contributed by atoms with Crippen LogP contribution in [0.2, 0.25) is 0 Å². The van der Waals surface area contributed by atoms with Gasteiger partial charge in [-0.05, 0) is 70.6 Å². The average molecular weight is 896 g/mol. The van der Waals surface area contributed by atoms with E-state index in [0.29, 0.717) is 19.4 Å². The number of carbonyl (C=O) groups is 5. The minimum atomic E-state index is -0.603. The van der Waals surface area contributed by atoms with Gasteiger partial charge in [-0.25, -0.2) is 4.79 Å². The summed E-state index contributed by atoms with van der Waals surface area (Å²) in [6.45, 7) is 10.9. The van der Waals surface area contributed by atoms with Crippen LogP contribution in [0.15, 0.2) is 0 Å². The second-order valence-corrected chi connectivity index (χ2v) is 17.9. The molecule has 11 nitrogen and oxygen atoms in total. The Labute approximate surface area is 385 Å². The molecule has 370 valence electrons. The van der Waals surface area contributed by atoms with Crippen molar-refractivity contribution >= 4 is 30.0 Å². The van der Waals surface area contributed by atoms with Crippen molar-refractivity contribution in [1.29, 1.82) is 0 Å². The third-order valence-corrected chi connectivity index (χ3v) is 11.6. The van der Waals surface area contributed by atoms with Gasteiger partial charge in [0.15, 0.2) is 0 Å². The van der Waals surface area contributed by atoms with Gasteiger partial charge in [0, 0.05) is 32.2 Å². The molecule has 63 heavy (non-hydrogen) atoms. The molecule has 0 rings (SSSR count). The lowest BCUT2D eigenvalue weighted by molar-refractivity contribution is -0.151. The van der Waals surface area contributed by atoms with E-state index in [1.807, 2.05) is 6.92 Å². The van der Waals surface area contributed by atoms with Gasteiger partial charge in [-0.3, -0.25) is 19.2 Å². The molecule has 0 spiro atoms. The highest BCUT2D eigenvalue weighted by Crippen LogP contribution is 2.20. The van der Waals surface area contributed by atoms with Crippen LogP contribution in [-0.4, -0.2) is 68.5 Å². The van der Waals surface area contributed by atoms with Gasteiger partial charge in [0.1, 0.15) is 32.0 Å². The predicted octanol–water partition coefficient (Wildman–Crippen LogP) is 14.0. The lowest BCUT2D eigenvalue weighted by atomic mass is 10.0. The zero-order chi connectivity index (χ0) is 46.4. The number of rotatable bonds is 46. The fourth-order valence-electron chi connectivity index (χ4n) is 7.56. The summed E-state index contributed by atoms with van der Waals surface area (Å²) in [5, 5.41) is 2.64. The van der Waals surface area contributed by atoms with Gasteiger partial charge in [-0.15, -0.1) is 0 Å². The molecule has 0 aromatic rings. The van der Waals surface area contributed by atoms with E-state index >= 15 is 0 Å². The minimum Gasteiger partial charge on any atom is -0.465 e. The van der Waals surface area contributed by atoms with Crippen LogP contribution in [0.1, 0.15) is 259 Å². The van der Waals surface area contributed by atoms with E-state index in [1.165, 1.54) is 103 Å². The van der Waals surface area contributed by atoms with Gasteiger partial charge in [0.05, 0.1) is 5.92 Å². The largest absolute Gasteiger partial charge is 0.465 e. The van der Waals surface area contributed by atoms with Crippen LogP contribution in [0, 0.1) is 5.92 Å². The molecule has 0 saturated heterocycles. The van der Waals surface area contributed by atoms with E-state index < -0.39 is 23.9 Å². The molecule has 0 aromatic heterocycles. The molecule has 11 heteroatoms. The Kier molecular flexibility index (Phi) is 43.6. The Morgan fingerprint density at radius 2 is 0.651 bits per heavy atom. The number of esters is 4. The van der Waals surface area contributed by atoms with Crippen molar-refractivity contribution < 1.29 is 47.7 Å². The predicted molar refractivity (Wildman–Crippen MR) is 254 cm³/mol. The quantitative estimate of drug-likeness (QED) is 0.0356. The van der Waals surface area contributed by atoms with Gasteiger partial charge in [0.25, 0.3) is 0 Å². The number of carbonyl (C=O) groups excluding carboxylic acids is 5. The second-order valence-electron chi connectivity index (χ2n) is 17.9. The summed E-state index contributed by atoms with van der Waals surface area (Å²) in [7, 11) is 0. The van der Waals surface area contributed by atoms with E-state index in [1.54, 1.807) is 0 Å². The number of hydrogen-bond donors (Lipinski definition) is 1. The second kappa shape index (κ2) is 45.7. The summed E-state index contributed by atoms with van der Waals surface area (Å²) >= 11 is 0. The molecule has 0 aliphatic carbocycles. The fraction of sp³-hybridized carbons (Fsp3) is 0.904. The Bertz CT molecular complexity index is 997. The fourth-order valence-corrected chi connectivity index (χ4v) is 7.56. The summed E-state index contributed by atoms with van der Waals surface area (Å²) in [4.78, 5) is 63.3. The third kappa shape index (κ3) is 41.6. The minimum absolute atomic E-state index is 0.0356. The van der Waals surface area contributed by atoms with Crippen molar-refractivity contribution in [1.82, 2.24) is 5.32 Å². The van der Waals surface area contributed by atoms with E-state index in [-0.39, 0.29) is 69.7 Å². The first-order valence-corrected chi connectivity index (χ1v) is 26.3. The van der Waals surface area contributed by atoms with Gasteiger partial charge < -0.3 is 29.0 Å². The van der Waals surface area contributed by atoms with E-state index in [9.17, 15) is 24.0 Å². The van der Waals surface area contributed by atoms with E-state index in [0.717, 1.165) is 83.5 Å². The maximum absolute atomic E-state index is 12.8. The normalized spacial score (nSPS) is 11.3. The van der Waals surface area contributed by atoms with E-state index in [2.05, 4.69) is 33.0 Å². The summed E-state index contributed by atoms with van der Waals surface area (Å²) in [5.74, 6) is -2.13. The van der Waals surface area contributed by atoms with Crippen molar-refractivity contribution in [3.05, 3.63) is 0 Å². The van der Waals surface area contributed by atoms with E-state index in [4.69, 9.17) is 23.7 Å². The smallest absolute Gasteiger partial charge is 0.407 e. The van der Waals surface area contributed by atoms with Crippen LogP contribution in [0.5, 0.6) is 0 Å². The first-order chi connectivity index (χ1) is 30.7. The molecule has 0 aromatic carbocycles. The Morgan fingerprint density at radius 1 is 0.349 bits per heavy atom. The van der Waals surface area contributed by atoms with Crippen LogP contribution in [-0.2, 0) is 42.9 Å². The first-order valence-electron chi connectivity index (χ1n) is 26.3. The lowest BCUT2D eigenvalue weighted by Gasteiger charge is -2.19. The number of unbranched alkanes of at least 4 members (excludes halogenated alkanes) is 20. The molecular formula is C52H97NO10. The van der Waals surface area contributed by atoms with Crippen molar-refractivity contribution in [3.8, 4) is 0 Å². The highest BCUT2D eigenvalue weighted by molar-refractivity contribution is 5.73. The topological polar surface area (TPSA) is 144 Å². The molecule has 0 unspecified atom stereocenters. The highest BCUT2D eigenvalue weighted by Gasteiger charge is 2.20. The molecule has 0 atom stereocenters. The van der Waals surface area contributed by atoms with Gasteiger partial charge >= 0.3 is 30.0 Å².